The highest BCUT2D eigenvalue weighted by atomic mass is 127. The molecule has 0 bridgehead atoms. The number of nitrogens with zero attached hydrogens (tertiary/aromatic N) is 1. The minimum atomic E-state index is -2.43. The molecule has 106 valence electrons. The number of nitrogens with one attached hydrogen (secondary N) is 1. The summed E-state index contributed by atoms with van der Waals surface area (Å²) in [5.74, 6) is -0.399. The Labute approximate surface area is 124 Å². The summed E-state index contributed by atoms with van der Waals surface area (Å²) in [5, 5.41) is 3.18. The first-order valence-electron chi connectivity index (χ1n) is 6.26. The quantitative estimate of drug-likeness (QED) is 0.804. The van der Waals surface area contributed by atoms with Crippen LogP contribution in [0.15, 0.2) is 18.2 Å². The Morgan fingerprint density at radius 1 is 1.26 bits per heavy atom. The molecule has 2 rings (SSSR count). The highest BCUT2D eigenvalue weighted by molar-refractivity contribution is 14.1. The molecule has 1 aliphatic heterocycles. The summed E-state index contributed by atoms with van der Waals surface area (Å²) in [6.45, 7) is 2.85. The van der Waals surface area contributed by atoms with Crippen LogP contribution in [-0.2, 0) is 0 Å². The summed E-state index contributed by atoms with van der Waals surface area (Å²) in [4.78, 5) is 1.94. The monoisotopic (exact) mass is 384 g/mol. The number of benzene rings is 1. The van der Waals surface area contributed by atoms with Crippen LogP contribution in [0.25, 0.3) is 0 Å². The van der Waals surface area contributed by atoms with E-state index in [4.69, 9.17) is 0 Å². The van der Waals surface area contributed by atoms with Crippen molar-refractivity contribution < 1.29 is 13.2 Å². The summed E-state index contributed by atoms with van der Waals surface area (Å²) in [7, 11) is 0. The summed E-state index contributed by atoms with van der Waals surface area (Å²) in [5.41, 5.74) is 0.383. The van der Waals surface area contributed by atoms with Crippen LogP contribution in [0, 0.1) is 9.39 Å². The highest BCUT2D eigenvalue weighted by Crippen LogP contribution is 2.30. The van der Waals surface area contributed by atoms with E-state index in [9.17, 15) is 13.2 Å². The second-order valence-electron chi connectivity index (χ2n) is 4.59. The van der Waals surface area contributed by atoms with Crippen molar-refractivity contribution in [3.8, 4) is 0 Å². The maximum absolute atomic E-state index is 13.9. The van der Waals surface area contributed by atoms with Gasteiger partial charge >= 0.3 is 0 Å². The number of alkyl halides is 2. The van der Waals surface area contributed by atoms with Crippen LogP contribution in [0.1, 0.15) is 18.0 Å². The van der Waals surface area contributed by atoms with Crippen molar-refractivity contribution in [2.45, 2.75) is 18.9 Å². The van der Waals surface area contributed by atoms with Crippen molar-refractivity contribution in [1.82, 2.24) is 10.2 Å². The molecule has 0 aromatic heterocycles. The van der Waals surface area contributed by atoms with Crippen molar-refractivity contribution in [3.63, 3.8) is 0 Å². The molecule has 1 aliphatic rings. The predicted octanol–water partition coefficient (Wildman–Crippen LogP) is 3.03. The lowest BCUT2D eigenvalue weighted by Gasteiger charge is -2.35. The van der Waals surface area contributed by atoms with Crippen LogP contribution < -0.4 is 5.32 Å². The Kier molecular flexibility index (Phi) is 5.47. The summed E-state index contributed by atoms with van der Waals surface area (Å²) < 4.78 is 40.4. The van der Waals surface area contributed by atoms with Crippen LogP contribution >= 0.6 is 22.6 Å². The first-order chi connectivity index (χ1) is 9.08. The van der Waals surface area contributed by atoms with E-state index >= 15 is 0 Å². The molecule has 1 atom stereocenters. The van der Waals surface area contributed by atoms with Crippen LogP contribution in [0.2, 0.25) is 0 Å². The fraction of sp³-hybridized carbons (Fsp3) is 0.538. The molecule has 1 fully saturated rings. The van der Waals surface area contributed by atoms with E-state index in [2.05, 4.69) is 27.9 Å². The molecule has 1 aromatic carbocycles. The van der Waals surface area contributed by atoms with E-state index in [1.165, 1.54) is 6.07 Å². The van der Waals surface area contributed by atoms with E-state index in [-0.39, 0.29) is 6.42 Å². The SMILES string of the molecule is Fc1ccc(I)cc1[C@@H](CC(F)F)N1CCNCC1. The molecule has 0 saturated carbocycles. The van der Waals surface area contributed by atoms with Gasteiger partial charge in [0.2, 0.25) is 6.43 Å². The molecule has 1 N–H and O–H groups in total. The average Bonchev–Trinajstić information content (AvgIpc) is 2.40. The lowest BCUT2D eigenvalue weighted by molar-refractivity contribution is 0.0725. The van der Waals surface area contributed by atoms with Gasteiger partial charge in [-0.1, -0.05) is 0 Å². The van der Waals surface area contributed by atoms with Gasteiger partial charge in [-0.25, -0.2) is 13.2 Å². The van der Waals surface area contributed by atoms with Gasteiger partial charge in [0.25, 0.3) is 0 Å². The number of hydrogen-bond acceptors (Lipinski definition) is 2. The van der Waals surface area contributed by atoms with Crippen LogP contribution in [0.4, 0.5) is 13.2 Å². The first-order valence-corrected chi connectivity index (χ1v) is 7.33. The Hall–Kier alpha value is -0.340. The highest BCUT2D eigenvalue weighted by Gasteiger charge is 2.27. The summed E-state index contributed by atoms with van der Waals surface area (Å²) in [6, 6.07) is 4.14. The Morgan fingerprint density at radius 3 is 2.58 bits per heavy atom. The largest absolute Gasteiger partial charge is 0.314 e. The zero-order valence-electron chi connectivity index (χ0n) is 10.4. The van der Waals surface area contributed by atoms with E-state index < -0.39 is 18.3 Å². The second-order valence-corrected chi connectivity index (χ2v) is 5.84. The summed E-state index contributed by atoms with van der Waals surface area (Å²) >= 11 is 2.07. The molecule has 19 heavy (non-hydrogen) atoms. The Morgan fingerprint density at radius 2 is 1.95 bits per heavy atom. The average molecular weight is 384 g/mol. The lowest BCUT2D eigenvalue weighted by Crippen LogP contribution is -2.45. The van der Waals surface area contributed by atoms with E-state index in [1.54, 1.807) is 12.1 Å². The third-order valence-electron chi connectivity index (χ3n) is 3.31. The molecule has 0 amide bonds. The van der Waals surface area contributed by atoms with Crippen LogP contribution in [0.5, 0.6) is 0 Å². The first kappa shape index (κ1) is 15.1. The normalized spacial score (nSPS) is 18.8. The van der Waals surface area contributed by atoms with Crippen LogP contribution in [-0.4, -0.2) is 37.5 Å². The molecule has 0 radical (unpaired) electrons. The molecule has 1 heterocycles. The van der Waals surface area contributed by atoms with Crippen molar-refractivity contribution in [1.29, 1.82) is 0 Å². The topological polar surface area (TPSA) is 15.3 Å². The maximum atomic E-state index is 13.9. The van der Waals surface area contributed by atoms with E-state index in [1.807, 2.05) is 4.90 Å². The zero-order chi connectivity index (χ0) is 13.8. The van der Waals surface area contributed by atoms with Crippen molar-refractivity contribution >= 4 is 22.6 Å². The standard InChI is InChI=1S/C13H16F3IN2/c14-11-2-1-9(17)7-10(11)12(8-13(15)16)19-5-3-18-4-6-19/h1-2,7,12-13,18H,3-6,8H2/t12-/m1/s1. The molecular formula is C13H16F3IN2. The van der Waals surface area contributed by atoms with Gasteiger partial charge in [0.1, 0.15) is 5.82 Å². The third kappa shape index (κ3) is 4.06. The molecular weight excluding hydrogens is 368 g/mol. The van der Waals surface area contributed by atoms with Crippen LogP contribution in [0.3, 0.4) is 0 Å². The minimum Gasteiger partial charge on any atom is -0.314 e. The molecule has 0 aliphatic carbocycles. The Balaban J connectivity index is 2.27. The molecule has 0 spiro atoms. The third-order valence-corrected chi connectivity index (χ3v) is 3.98. The van der Waals surface area contributed by atoms with E-state index in [0.717, 1.165) is 16.7 Å². The number of rotatable bonds is 4. The van der Waals surface area contributed by atoms with E-state index in [0.29, 0.717) is 18.7 Å². The van der Waals surface area contributed by atoms with Gasteiger partial charge in [-0.2, -0.15) is 0 Å². The molecule has 0 unspecified atom stereocenters. The summed E-state index contributed by atoms with van der Waals surface area (Å²) in [6.07, 6.45) is -2.76. The molecule has 6 heteroatoms. The molecule has 1 saturated heterocycles. The number of hydrogen-bond donors (Lipinski definition) is 1. The van der Waals surface area contributed by atoms with Gasteiger partial charge in [-0.05, 0) is 40.8 Å². The van der Waals surface area contributed by atoms with Gasteiger partial charge < -0.3 is 5.32 Å². The molecule has 1 aromatic rings. The van der Waals surface area contributed by atoms with Crippen molar-refractivity contribution in [2.24, 2.45) is 0 Å². The smallest absolute Gasteiger partial charge is 0.240 e. The zero-order valence-corrected chi connectivity index (χ0v) is 12.5. The second kappa shape index (κ2) is 6.90. The van der Waals surface area contributed by atoms with Gasteiger partial charge in [0, 0.05) is 47.8 Å². The van der Waals surface area contributed by atoms with Gasteiger partial charge in [0.15, 0.2) is 0 Å². The number of halogens is 4. The Bertz CT molecular complexity index is 422. The fourth-order valence-corrected chi connectivity index (χ4v) is 2.92. The lowest BCUT2D eigenvalue weighted by atomic mass is 10.0. The minimum absolute atomic E-state index is 0.322. The van der Waals surface area contributed by atoms with Gasteiger partial charge in [0.05, 0.1) is 0 Å². The van der Waals surface area contributed by atoms with Gasteiger partial charge in [-0.3, -0.25) is 4.90 Å². The fourth-order valence-electron chi connectivity index (χ4n) is 2.41. The van der Waals surface area contributed by atoms with Crippen molar-refractivity contribution in [3.05, 3.63) is 33.1 Å². The predicted molar refractivity (Wildman–Crippen MR) is 76.9 cm³/mol. The van der Waals surface area contributed by atoms with Crippen molar-refractivity contribution in [2.75, 3.05) is 26.2 Å². The number of piperazine rings is 1. The maximum Gasteiger partial charge on any atom is 0.240 e. The van der Waals surface area contributed by atoms with Gasteiger partial charge in [-0.15, -0.1) is 0 Å². The molecule has 2 nitrogen and oxygen atoms in total.